The maximum absolute atomic E-state index is 12.0. The molecule has 0 spiro atoms. The summed E-state index contributed by atoms with van der Waals surface area (Å²) in [5.74, 6) is -0.349. The summed E-state index contributed by atoms with van der Waals surface area (Å²) in [7, 11) is -1.94. The summed E-state index contributed by atoms with van der Waals surface area (Å²) in [5, 5.41) is 5.46. The van der Waals surface area contributed by atoms with E-state index in [1.165, 1.54) is 19.1 Å². The first kappa shape index (κ1) is 15.5. The molecule has 0 heterocycles. The van der Waals surface area contributed by atoms with E-state index in [1.807, 2.05) is 0 Å². The number of sulfonamides is 1. The number of rotatable bonds is 6. The molecule has 0 aliphatic rings. The summed E-state index contributed by atoms with van der Waals surface area (Å²) in [6, 6.07) is 5.47. The van der Waals surface area contributed by atoms with Crippen LogP contribution >= 0.6 is 0 Å². The third-order valence-electron chi connectivity index (χ3n) is 2.53. The van der Waals surface area contributed by atoms with Crippen LogP contribution in [-0.2, 0) is 14.8 Å². The Kier molecular flexibility index (Phi) is 5.31. The van der Waals surface area contributed by atoms with Crippen LogP contribution < -0.4 is 15.4 Å². The molecule has 1 amide bonds. The predicted molar refractivity (Wildman–Crippen MR) is 74.5 cm³/mol. The second-order valence-electron chi connectivity index (χ2n) is 4.01. The second kappa shape index (κ2) is 6.53. The minimum atomic E-state index is -3.69. The first-order valence-corrected chi connectivity index (χ1v) is 7.47. The minimum absolute atomic E-state index is 0.127. The van der Waals surface area contributed by atoms with E-state index in [0.29, 0.717) is 6.54 Å². The van der Waals surface area contributed by atoms with Gasteiger partial charge in [0.25, 0.3) is 0 Å². The monoisotopic (exact) mass is 285 g/mol. The summed E-state index contributed by atoms with van der Waals surface area (Å²) in [5.41, 5.74) is 0.815. The molecule has 3 N–H and O–H groups in total. The highest BCUT2D eigenvalue weighted by atomic mass is 32.2. The standard InChI is InChI=1S/C12H19N3O3S/c1-4-14-12(16)9(2)15-19(17,18)11-7-5-10(13-3)6-8-11/h5-9,13,15H,4H2,1-3H3,(H,14,16). The molecule has 1 unspecified atom stereocenters. The SMILES string of the molecule is CCNC(=O)C(C)NS(=O)(=O)c1ccc(NC)cc1. The zero-order valence-electron chi connectivity index (χ0n) is 11.2. The van der Waals surface area contributed by atoms with Crippen LogP contribution in [0.4, 0.5) is 5.69 Å². The van der Waals surface area contributed by atoms with Crippen molar-refractivity contribution in [3.8, 4) is 0 Å². The Hall–Kier alpha value is -1.60. The Balaban J connectivity index is 2.82. The van der Waals surface area contributed by atoms with E-state index in [1.54, 1.807) is 26.1 Å². The topological polar surface area (TPSA) is 87.3 Å². The summed E-state index contributed by atoms with van der Waals surface area (Å²) in [6.07, 6.45) is 0. The highest BCUT2D eigenvalue weighted by Crippen LogP contribution is 2.13. The lowest BCUT2D eigenvalue weighted by atomic mass is 10.3. The molecule has 0 saturated carbocycles. The molecule has 1 atom stereocenters. The Labute approximate surface area is 113 Å². The van der Waals surface area contributed by atoms with Gasteiger partial charge in [-0.05, 0) is 38.1 Å². The Bertz CT molecular complexity index is 526. The maximum Gasteiger partial charge on any atom is 0.241 e. The van der Waals surface area contributed by atoms with Crippen molar-refractivity contribution in [2.75, 3.05) is 18.9 Å². The fourth-order valence-electron chi connectivity index (χ4n) is 1.48. The zero-order chi connectivity index (χ0) is 14.5. The number of hydrogen-bond donors (Lipinski definition) is 3. The largest absolute Gasteiger partial charge is 0.388 e. The number of amides is 1. The predicted octanol–water partition coefficient (Wildman–Crippen LogP) is 0.531. The molecule has 0 aliphatic heterocycles. The molecular weight excluding hydrogens is 266 g/mol. The van der Waals surface area contributed by atoms with Gasteiger partial charge in [0.05, 0.1) is 10.9 Å². The van der Waals surface area contributed by atoms with Gasteiger partial charge in [-0.25, -0.2) is 8.42 Å². The molecule has 0 aliphatic carbocycles. The third kappa shape index (κ3) is 4.22. The van der Waals surface area contributed by atoms with Crippen molar-refractivity contribution in [3.63, 3.8) is 0 Å². The van der Waals surface area contributed by atoms with Gasteiger partial charge in [-0.1, -0.05) is 0 Å². The molecule has 0 radical (unpaired) electrons. The third-order valence-corrected chi connectivity index (χ3v) is 4.09. The Morgan fingerprint density at radius 3 is 2.32 bits per heavy atom. The van der Waals surface area contributed by atoms with Gasteiger partial charge in [0, 0.05) is 19.3 Å². The first-order valence-electron chi connectivity index (χ1n) is 5.98. The van der Waals surface area contributed by atoms with Gasteiger partial charge in [-0.3, -0.25) is 4.79 Å². The molecule has 0 fully saturated rings. The number of nitrogens with one attached hydrogen (secondary N) is 3. The van der Waals surface area contributed by atoms with Crippen molar-refractivity contribution in [2.24, 2.45) is 0 Å². The molecule has 0 saturated heterocycles. The van der Waals surface area contributed by atoms with Crippen LogP contribution in [0.1, 0.15) is 13.8 Å². The first-order chi connectivity index (χ1) is 8.90. The van der Waals surface area contributed by atoms with Crippen molar-refractivity contribution < 1.29 is 13.2 Å². The lowest BCUT2D eigenvalue weighted by Gasteiger charge is -2.14. The second-order valence-corrected chi connectivity index (χ2v) is 5.73. The molecule has 1 aromatic carbocycles. The van der Waals surface area contributed by atoms with Crippen LogP contribution in [-0.4, -0.2) is 34.0 Å². The highest BCUT2D eigenvalue weighted by Gasteiger charge is 2.21. The van der Waals surface area contributed by atoms with Crippen LogP contribution in [0.25, 0.3) is 0 Å². The van der Waals surface area contributed by atoms with E-state index in [9.17, 15) is 13.2 Å². The molecule has 6 nitrogen and oxygen atoms in total. The number of anilines is 1. The van der Waals surface area contributed by atoms with Crippen molar-refractivity contribution in [3.05, 3.63) is 24.3 Å². The Morgan fingerprint density at radius 2 is 1.84 bits per heavy atom. The number of carbonyl (C=O) groups is 1. The smallest absolute Gasteiger partial charge is 0.241 e. The van der Waals surface area contributed by atoms with Gasteiger partial charge in [0.15, 0.2) is 0 Å². The van der Waals surface area contributed by atoms with E-state index in [4.69, 9.17) is 0 Å². The highest BCUT2D eigenvalue weighted by molar-refractivity contribution is 7.89. The number of hydrogen-bond acceptors (Lipinski definition) is 4. The van der Waals surface area contributed by atoms with Crippen LogP contribution in [0.2, 0.25) is 0 Å². The van der Waals surface area contributed by atoms with Crippen molar-refractivity contribution in [1.29, 1.82) is 0 Å². The normalized spacial score (nSPS) is 12.8. The molecule has 0 bridgehead atoms. The molecule has 0 aromatic heterocycles. The average Bonchev–Trinajstić information content (AvgIpc) is 2.38. The van der Waals surface area contributed by atoms with E-state index in [-0.39, 0.29) is 10.8 Å². The van der Waals surface area contributed by atoms with Crippen molar-refractivity contribution in [2.45, 2.75) is 24.8 Å². The fraction of sp³-hybridized carbons (Fsp3) is 0.417. The summed E-state index contributed by atoms with van der Waals surface area (Å²) < 4.78 is 26.4. The molecule has 7 heteroatoms. The van der Waals surface area contributed by atoms with E-state index in [2.05, 4.69) is 15.4 Å². The van der Waals surface area contributed by atoms with Gasteiger partial charge in [-0.2, -0.15) is 4.72 Å². The van der Waals surface area contributed by atoms with Crippen LogP contribution in [0.3, 0.4) is 0 Å². The van der Waals surface area contributed by atoms with Crippen molar-refractivity contribution >= 4 is 21.6 Å². The lowest BCUT2D eigenvalue weighted by Crippen LogP contribution is -2.44. The molecule has 1 rings (SSSR count). The van der Waals surface area contributed by atoms with Crippen LogP contribution in [0, 0.1) is 0 Å². The minimum Gasteiger partial charge on any atom is -0.388 e. The van der Waals surface area contributed by atoms with E-state index >= 15 is 0 Å². The zero-order valence-corrected chi connectivity index (χ0v) is 12.0. The lowest BCUT2D eigenvalue weighted by molar-refractivity contribution is -0.122. The number of carbonyl (C=O) groups excluding carboxylic acids is 1. The van der Waals surface area contributed by atoms with Gasteiger partial charge in [0.1, 0.15) is 0 Å². The summed E-state index contributed by atoms with van der Waals surface area (Å²) in [6.45, 7) is 3.74. The fourth-order valence-corrected chi connectivity index (χ4v) is 2.69. The van der Waals surface area contributed by atoms with Crippen LogP contribution in [0.15, 0.2) is 29.2 Å². The van der Waals surface area contributed by atoms with Gasteiger partial charge >= 0.3 is 0 Å². The van der Waals surface area contributed by atoms with E-state index < -0.39 is 16.1 Å². The molecule has 106 valence electrons. The average molecular weight is 285 g/mol. The molecule has 1 aromatic rings. The molecule has 19 heavy (non-hydrogen) atoms. The van der Waals surface area contributed by atoms with Gasteiger partial charge in [-0.15, -0.1) is 0 Å². The van der Waals surface area contributed by atoms with Gasteiger partial charge in [0.2, 0.25) is 15.9 Å². The number of benzene rings is 1. The van der Waals surface area contributed by atoms with E-state index in [0.717, 1.165) is 5.69 Å². The van der Waals surface area contributed by atoms with Crippen molar-refractivity contribution in [1.82, 2.24) is 10.0 Å². The number of likely N-dealkylation sites (N-methyl/N-ethyl adjacent to an activating group) is 1. The summed E-state index contributed by atoms with van der Waals surface area (Å²) in [4.78, 5) is 11.6. The Morgan fingerprint density at radius 1 is 1.26 bits per heavy atom. The van der Waals surface area contributed by atoms with Gasteiger partial charge < -0.3 is 10.6 Å². The molecular formula is C12H19N3O3S. The maximum atomic E-state index is 12.0. The quantitative estimate of drug-likeness (QED) is 0.711. The van der Waals surface area contributed by atoms with Crippen LogP contribution in [0.5, 0.6) is 0 Å². The summed E-state index contributed by atoms with van der Waals surface area (Å²) >= 11 is 0.